The minimum absolute atomic E-state index is 0.296. The van der Waals surface area contributed by atoms with E-state index in [1.807, 2.05) is 0 Å². The number of ether oxygens (including phenoxy) is 1. The molecule has 2 atom stereocenters. The van der Waals surface area contributed by atoms with Crippen molar-refractivity contribution in [2.24, 2.45) is 5.92 Å². The quantitative estimate of drug-likeness (QED) is 0.867. The van der Waals surface area contributed by atoms with E-state index in [1.165, 1.54) is 11.3 Å². The van der Waals surface area contributed by atoms with E-state index in [0.717, 1.165) is 30.7 Å². The van der Waals surface area contributed by atoms with Crippen molar-refractivity contribution in [3.63, 3.8) is 0 Å². The van der Waals surface area contributed by atoms with Crippen molar-refractivity contribution in [2.75, 3.05) is 7.11 Å². The first-order valence-electron chi connectivity index (χ1n) is 7.59. The number of rotatable bonds is 5. The van der Waals surface area contributed by atoms with Crippen LogP contribution < -0.4 is 5.32 Å². The molecule has 22 heavy (non-hydrogen) atoms. The van der Waals surface area contributed by atoms with Crippen LogP contribution in [-0.4, -0.2) is 35.1 Å². The van der Waals surface area contributed by atoms with Crippen LogP contribution in [0.15, 0.2) is 5.38 Å². The Labute approximate surface area is 133 Å². The van der Waals surface area contributed by atoms with Gasteiger partial charge in [0, 0.05) is 18.5 Å². The molecule has 1 heterocycles. The number of hydrogen-bond donors (Lipinski definition) is 2. The standard InChI is InChI=1S/C15H22N2O4S/c1-21-8-13-16-12(9-22-13)14(18)17-11-7-5-3-2-4-6-10(11)15(19)20/h9-11H,2-8H2,1H3,(H,17,18)(H,19,20). The van der Waals surface area contributed by atoms with Gasteiger partial charge in [-0.2, -0.15) is 0 Å². The van der Waals surface area contributed by atoms with E-state index in [-0.39, 0.29) is 11.9 Å². The number of amides is 1. The Kier molecular flexibility index (Phi) is 6.33. The van der Waals surface area contributed by atoms with Gasteiger partial charge in [-0.25, -0.2) is 4.98 Å². The fraction of sp³-hybridized carbons (Fsp3) is 0.667. The second kappa shape index (κ2) is 8.24. The van der Waals surface area contributed by atoms with E-state index >= 15 is 0 Å². The summed E-state index contributed by atoms with van der Waals surface area (Å²) in [5, 5.41) is 14.7. The lowest BCUT2D eigenvalue weighted by Gasteiger charge is -2.26. The predicted octanol–water partition coefficient (Wildman–Crippen LogP) is 2.44. The SMILES string of the molecule is COCc1nc(C(=O)NC2CCCCCCC2C(=O)O)cs1. The summed E-state index contributed by atoms with van der Waals surface area (Å²) in [4.78, 5) is 28.0. The average Bonchev–Trinajstić information content (AvgIpc) is 2.90. The third kappa shape index (κ3) is 4.51. The lowest BCUT2D eigenvalue weighted by molar-refractivity contribution is -0.143. The lowest BCUT2D eigenvalue weighted by atomic mass is 9.86. The first kappa shape index (κ1) is 16.9. The van der Waals surface area contributed by atoms with Crippen LogP contribution in [0.3, 0.4) is 0 Å². The van der Waals surface area contributed by atoms with Crippen LogP contribution in [0.25, 0.3) is 0 Å². The predicted molar refractivity (Wildman–Crippen MR) is 82.9 cm³/mol. The fourth-order valence-electron chi connectivity index (χ4n) is 2.80. The fourth-order valence-corrected chi connectivity index (χ4v) is 3.54. The molecule has 2 rings (SSSR count). The van der Waals surface area contributed by atoms with Crippen LogP contribution >= 0.6 is 11.3 Å². The summed E-state index contributed by atoms with van der Waals surface area (Å²) in [6.45, 7) is 0.374. The highest BCUT2D eigenvalue weighted by Crippen LogP contribution is 2.23. The first-order chi connectivity index (χ1) is 10.6. The number of carboxylic acid groups (broad SMARTS) is 1. The van der Waals surface area contributed by atoms with Gasteiger partial charge in [0.15, 0.2) is 0 Å². The Hall–Kier alpha value is -1.47. The number of carboxylic acids is 1. The molecule has 2 N–H and O–H groups in total. The highest BCUT2D eigenvalue weighted by Gasteiger charge is 2.30. The summed E-state index contributed by atoms with van der Waals surface area (Å²) in [7, 11) is 1.58. The van der Waals surface area contributed by atoms with Crippen LogP contribution in [0.2, 0.25) is 0 Å². The maximum absolute atomic E-state index is 12.3. The number of carbonyl (C=O) groups excluding carboxylic acids is 1. The van der Waals surface area contributed by atoms with Gasteiger partial charge in [-0.3, -0.25) is 9.59 Å². The summed E-state index contributed by atoms with van der Waals surface area (Å²) < 4.78 is 4.99. The number of thiazole rings is 1. The number of nitrogens with one attached hydrogen (secondary N) is 1. The molecule has 0 radical (unpaired) electrons. The third-order valence-electron chi connectivity index (χ3n) is 3.95. The van der Waals surface area contributed by atoms with Crippen LogP contribution in [0.1, 0.15) is 54.0 Å². The number of nitrogens with zero attached hydrogens (tertiary/aromatic N) is 1. The molecular weight excluding hydrogens is 304 g/mol. The second-order valence-electron chi connectivity index (χ2n) is 5.58. The molecule has 0 bridgehead atoms. The third-order valence-corrected chi connectivity index (χ3v) is 4.77. The molecule has 1 aromatic rings. The summed E-state index contributed by atoms with van der Waals surface area (Å²) in [5.41, 5.74) is 0.336. The van der Waals surface area contributed by atoms with Gasteiger partial charge in [-0.15, -0.1) is 11.3 Å². The van der Waals surface area contributed by atoms with Crippen molar-refractivity contribution in [1.29, 1.82) is 0 Å². The van der Waals surface area contributed by atoms with E-state index in [0.29, 0.717) is 25.1 Å². The monoisotopic (exact) mass is 326 g/mol. The molecule has 7 heteroatoms. The highest BCUT2D eigenvalue weighted by molar-refractivity contribution is 7.09. The summed E-state index contributed by atoms with van der Waals surface area (Å²) >= 11 is 1.37. The Morgan fingerprint density at radius 2 is 2.09 bits per heavy atom. The van der Waals surface area contributed by atoms with Crippen molar-refractivity contribution >= 4 is 23.2 Å². The van der Waals surface area contributed by atoms with E-state index in [4.69, 9.17) is 4.74 Å². The topological polar surface area (TPSA) is 88.5 Å². The summed E-state index contributed by atoms with van der Waals surface area (Å²) in [5.74, 6) is -1.64. The number of aromatic nitrogens is 1. The van der Waals surface area contributed by atoms with Crippen LogP contribution in [-0.2, 0) is 16.1 Å². The van der Waals surface area contributed by atoms with Crippen molar-refractivity contribution in [3.05, 3.63) is 16.1 Å². The summed E-state index contributed by atoms with van der Waals surface area (Å²) in [6, 6.07) is -0.321. The number of carbonyl (C=O) groups is 2. The molecule has 0 spiro atoms. The van der Waals surface area contributed by atoms with Gasteiger partial charge >= 0.3 is 5.97 Å². The van der Waals surface area contributed by atoms with Crippen LogP contribution in [0.4, 0.5) is 0 Å². The van der Waals surface area contributed by atoms with Crippen molar-refractivity contribution in [2.45, 2.75) is 51.2 Å². The van der Waals surface area contributed by atoms with Gasteiger partial charge < -0.3 is 15.2 Å². The molecular formula is C15H22N2O4S. The largest absolute Gasteiger partial charge is 0.481 e. The van der Waals surface area contributed by atoms with E-state index in [2.05, 4.69) is 10.3 Å². The lowest BCUT2D eigenvalue weighted by Crippen LogP contribution is -2.44. The number of methoxy groups -OCH3 is 1. The van der Waals surface area contributed by atoms with Gasteiger partial charge in [-0.1, -0.05) is 25.7 Å². The molecule has 1 aliphatic rings. The zero-order chi connectivity index (χ0) is 15.9. The van der Waals surface area contributed by atoms with Crippen molar-refractivity contribution in [3.8, 4) is 0 Å². The molecule has 6 nitrogen and oxygen atoms in total. The second-order valence-corrected chi connectivity index (χ2v) is 6.52. The van der Waals surface area contributed by atoms with Crippen molar-refractivity contribution < 1.29 is 19.4 Å². The normalized spacial score (nSPS) is 22.6. The minimum Gasteiger partial charge on any atom is -0.481 e. The Balaban J connectivity index is 2.03. The molecule has 122 valence electrons. The molecule has 0 aromatic carbocycles. The molecule has 1 aliphatic carbocycles. The number of hydrogen-bond acceptors (Lipinski definition) is 5. The zero-order valence-corrected chi connectivity index (χ0v) is 13.5. The zero-order valence-electron chi connectivity index (χ0n) is 12.7. The van der Waals surface area contributed by atoms with Crippen LogP contribution in [0.5, 0.6) is 0 Å². The Bertz CT molecular complexity index is 517. The van der Waals surface area contributed by atoms with Crippen molar-refractivity contribution in [1.82, 2.24) is 10.3 Å². The van der Waals surface area contributed by atoms with Crippen LogP contribution in [0, 0.1) is 5.92 Å². The highest BCUT2D eigenvalue weighted by atomic mass is 32.1. The molecule has 1 aromatic heterocycles. The molecule has 1 fully saturated rings. The Morgan fingerprint density at radius 3 is 2.77 bits per heavy atom. The average molecular weight is 326 g/mol. The van der Waals surface area contributed by atoms with Gasteiger partial charge in [0.2, 0.25) is 0 Å². The minimum atomic E-state index is -0.828. The molecule has 2 unspecified atom stereocenters. The van der Waals surface area contributed by atoms with E-state index in [9.17, 15) is 14.7 Å². The molecule has 0 saturated heterocycles. The van der Waals surface area contributed by atoms with Gasteiger partial charge in [-0.05, 0) is 12.8 Å². The molecule has 1 saturated carbocycles. The van der Waals surface area contributed by atoms with Gasteiger partial charge in [0.25, 0.3) is 5.91 Å². The summed E-state index contributed by atoms with van der Waals surface area (Å²) in [6.07, 6.45) is 5.33. The maximum atomic E-state index is 12.3. The maximum Gasteiger partial charge on any atom is 0.308 e. The molecule has 1 amide bonds. The van der Waals surface area contributed by atoms with E-state index in [1.54, 1.807) is 12.5 Å². The van der Waals surface area contributed by atoms with E-state index < -0.39 is 11.9 Å². The molecule has 0 aliphatic heterocycles. The number of aliphatic carboxylic acids is 1. The Morgan fingerprint density at radius 1 is 1.36 bits per heavy atom. The smallest absolute Gasteiger partial charge is 0.308 e. The first-order valence-corrected chi connectivity index (χ1v) is 8.46. The van der Waals surface area contributed by atoms with Gasteiger partial charge in [0.05, 0.1) is 12.5 Å². The van der Waals surface area contributed by atoms with Gasteiger partial charge in [0.1, 0.15) is 10.7 Å².